The quantitative estimate of drug-likeness (QED) is 0.737. The first-order valence-electron chi connectivity index (χ1n) is 6.34. The molecule has 1 atom stereocenters. The molecule has 0 spiro atoms. The van der Waals surface area contributed by atoms with Crippen molar-refractivity contribution in [1.29, 1.82) is 0 Å². The second-order valence-corrected chi connectivity index (χ2v) is 5.58. The number of carboxylic acids is 1. The number of anilines is 1. The highest BCUT2D eigenvalue weighted by Gasteiger charge is 2.24. The zero-order chi connectivity index (χ0) is 16.2. The summed E-state index contributed by atoms with van der Waals surface area (Å²) in [5.41, 5.74) is 5.45. The first-order chi connectivity index (χ1) is 9.58. The van der Waals surface area contributed by atoms with Crippen molar-refractivity contribution in [1.82, 2.24) is 5.32 Å². The summed E-state index contributed by atoms with van der Waals surface area (Å²) in [6.07, 6.45) is -0.906. The first kappa shape index (κ1) is 16.7. The third-order valence-electron chi connectivity index (χ3n) is 2.52. The molecule has 1 amide bonds. The number of amides is 1. The van der Waals surface area contributed by atoms with Gasteiger partial charge in [0.2, 0.25) is 0 Å². The maximum atomic E-state index is 13.0. The number of carbonyl (C=O) groups is 2. The Labute approximate surface area is 122 Å². The zero-order valence-electron chi connectivity index (χ0n) is 12.1. The van der Waals surface area contributed by atoms with Crippen LogP contribution in [0, 0.1) is 5.82 Å². The summed E-state index contributed by atoms with van der Waals surface area (Å²) < 4.78 is 18.0. The number of hydrogen-bond donors (Lipinski definition) is 3. The lowest BCUT2D eigenvalue weighted by atomic mass is 10.0. The van der Waals surface area contributed by atoms with E-state index in [9.17, 15) is 14.0 Å². The van der Waals surface area contributed by atoms with E-state index in [1.54, 1.807) is 20.8 Å². The first-order valence-corrected chi connectivity index (χ1v) is 6.34. The summed E-state index contributed by atoms with van der Waals surface area (Å²) in [5, 5.41) is 11.4. The standard InChI is InChI=1S/C14H19FN2O4/c1-14(2,3)21-13(20)17-11(12(18)19)6-8-4-5-9(15)7-10(8)16/h4-5,7,11H,6,16H2,1-3H3,(H,17,20)(H,18,19)/t11-/m0/s1. The van der Waals surface area contributed by atoms with Crippen LogP contribution >= 0.6 is 0 Å². The van der Waals surface area contributed by atoms with Gasteiger partial charge in [0, 0.05) is 12.1 Å². The van der Waals surface area contributed by atoms with Crippen molar-refractivity contribution in [2.24, 2.45) is 0 Å². The van der Waals surface area contributed by atoms with Crippen molar-refractivity contribution in [2.45, 2.75) is 38.8 Å². The number of carboxylic acid groups (broad SMARTS) is 1. The molecule has 1 aromatic carbocycles. The van der Waals surface area contributed by atoms with Gasteiger partial charge in [-0.15, -0.1) is 0 Å². The summed E-state index contributed by atoms with van der Waals surface area (Å²) in [4.78, 5) is 22.8. The van der Waals surface area contributed by atoms with Gasteiger partial charge in [0.15, 0.2) is 0 Å². The van der Waals surface area contributed by atoms with E-state index in [4.69, 9.17) is 15.6 Å². The summed E-state index contributed by atoms with van der Waals surface area (Å²) in [6.45, 7) is 5.00. The van der Waals surface area contributed by atoms with E-state index in [0.717, 1.165) is 6.07 Å². The smallest absolute Gasteiger partial charge is 0.408 e. The Kier molecular flexibility index (Phi) is 5.12. The van der Waals surface area contributed by atoms with Crippen LogP contribution in [0.15, 0.2) is 18.2 Å². The van der Waals surface area contributed by atoms with Gasteiger partial charge >= 0.3 is 12.1 Å². The van der Waals surface area contributed by atoms with E-state index in [2.05, 4.69) is 5.32 Å². The van der Waals surface area contributed by atoms with Crippen LogP contribution in [-0.2, 0) is 16.0 Å². The molecule has 0 aromatic heterocycles. The predicted molar refractivity (Wildman–Crippen MR) is 75.3 cm³/mol. The minimum absolute atomic E-state index is 0.0688. The van der Waals surface area contributed by atoms with Gasteiger partial charge in [-0.1, -0.05) is 6.07 Å². The number of halogens is 1. The number of nitrogen functional groups attached to an aromatic ring is 1. The topological polar surface area (TPSA) is 102 Å². The molecule has 0 radical (unpaired) electrons. The van der Waals surface area contributed by atoms with Crippen LogP contribution in [0.5, 0.6) is 0 Å². The Balaban J connectivity index is 2.79. The number of benzene rings is 1. The van der Waals surface area contributed by atoms with Crippen molar-refractivity contribution in [3.63, 3.8) is 0 Å². The number of rotatable bonds is 4. The highest BCUT2D eigenvalue weighted by Crippen LogP contribution is 2.16. The number of alkyl carbamates (subject to hydrolysis) is 1. The fourth-order valence-electron chi connectivity index (χ4n) is 1.62. The van der Waals surface area contributed by atoms with E-state index in [1.807, 2.05) is 0 Å². The van der Waals surface area contributed by atoms with Gasteiger partial charge < -0.3 is 20.9 Å². The molecule has 0 heterocycles. The van der Waals surface area contributed by atoms with E-state index in [0.29, 0.717) is 5.56 Å². The highest BCUT2D eigenvalue weighted by molar-refractivity contribution is 5.80. The summed E-state index contributed by atoms with van der Waals surface area (Å²) >= 11 is 0. The molecule has 0 aliphatic carbocycles. The molecule has 116 valence electrons. The second kappa shape index (κ2) is 6.43. The van der Waals surface area contributed by atoms with Gasteiger partial charge in [-0.2, -0.15) is 0 Å². The van der Waals surface area contributed by atoms with Crippen LogP contribution in [0.25, 0.3) is 0 Å². The molecule has 1 rings (SSSR count). The van der Waals surface area contributed by atoms with E-state index < -0.39 is 29.5 Å². The van der Waals surface area contributed by atoms with Gasteiger partial charge in [-0.05, 0) is 38.5 Å². The lowest BCUT2D eigenvalue weighted by molar-refractivity contribution is -0.139. The van der Waals surface area contributed by atoms with Crippen molar-refractivity contribution >= 4 is 17.7 Å². The molecular formula is C14H19FN2O4. The van der Waals surface area contributed by atoms with Crippen molar-refractivity contribution < 1.29 is 23.8 Å². The Hall–Kier alpha value is -2.31. The molecule has 1 aromatic rings. The maximum absolute atomic E-state index is 13.0. The third-order valence-corrected chi connectivity index (χ3v) is 2.52. The SMILES string of the molecule is CC(C)(C)OC(=O)N[C@@H](Cc1ccc(F)cc1N)C(=O)O. The molecule has 0 aliphatic rings. The summed E-state index contributed by atoms with van der Waals surface area (Å²) in [7, 11) is 0. The van der Waals surface area contributed by atoms with Crippen LogP contribution in [0.4, 0.5) is 14.9 Å². The molecule has 0 saturated heterocycles. The van der Waals surface area contributed by atoms with E-state index in [1.165, 1.54) is 12.1 Å². The second-order valence-electron chi connectivity index (χ2n) is 5.58. The van der Waals surface area contributed by atoms with Crippen molar-refractivity contribution in [3.05, 3.63) is 29.6 Å². The normalized spacial score (nSPS) is 12.6. The van der Waals surface area contributed by atoms with Gasteiger partial charge in [0.05, 0.1) is 0 Å². The summed E-state index contributed by atoms with van der Waals surface area (Å²) in [5.74, 6) is -1.74. The molecule has 6 nitrogen and oxygen atoms in total. The third kappa shape index (κ3) is 5.68. The molecular weight excluding hydrogens is 279 g/mol. The van der Waals surface area contributed by atoms with Crippen LogP contribution in [0.1, 0.15) is 26.3 Å². The average Bonchev–Trinajstić information content (AvgIpc) is 2.28. The summed E-state index contributed by atoms with van der Waals surface area (Å²) in [6, 6.07) is 2.45. The van der Waals surface area contributed by atoms with Crippen LogP contribution in [0.2, 0.25) is 0 Å². The molecule has 0 unspecified atom stereocenters. The minimum atomic E-state index is -1.23. The molecule has 7 heteroatoms. The predicted octanol–water partition coefficient (Wildman–Crippen LogP) is 1.93. The van der Waals surface area contributed by atoms with Crippen LogP contribution in [-0.4, -0.2) is 28.8 Å². The largest absolute Gasteiger partial charge is 0.480 e. The number of carbonyl (C=O) groups excluding carboxylic acids is 1. The lowest BCUT2D eigenvalue weighted by Crippen LogP contribution is -2.44. The maximum Gasteiger partial charge on any atom is 0.408 e. The Morgan fingerprint density at radius 3 is 2.52 bits per heavy atom. The van der Waals surface area contributed by atoms with Crippen LogP contribution in [0.3, 0.4) is 0 Å². The number of aliphatic carboxylic acids is 1. The monoisotopic (exact) mass is 298 g/mol. The molecule has 4 N–H and O–H groups in total. The number of nitrogens with one attached hydrogen (secondary N) is 1. The minimum Gasteiger partial charge on any atom is -0.480 e. The van der Waals surface area contributed by atoms with Gasteiger partial charge in [-0.25, -0.2) is 14.0 Å². The van der Waals surface area contributed by atoms with Crippen molar-refractivity contribution in [2.75, 3.05) is 5.73 Å². The Morgan fingerprint density at radius 2 is 2.05 bits per heavy atom. The van der Waals surface area contributed by atoms with Gasteiger partial charge in [0.1, 0.15) is 17.5 Å². The Bertz CT molecular complexity index is 540. The molecule has 21 heavy (non-hydrogen) atoms. The van der Waals surface area contributed by atoms with Crippen molar-refractivity contribution in [3.8, 4) is 0 Å². The molecule has 0 fully saturated rings. The fraction of sp³-hybridized carbons (Fsp3) is 0.429. The number of hydrogen-bond acceptors (Lipinski definition) is 4. The molecule has 0 aliphatic heterocycles. The average molecular weight is 298 g/mol. The number of ether oxygens (including phenoxy) is 1. The zero-order valence-corrected chi connectivity index (χ0v) is 12.1. The molecule has 0 bridgehead atoms. The van der Waals surface area contributed by atoms with Gasteiger partial charge in [-0.3, -0.25) is 0 Å². The fourth-order valence-corrected chi connectivity index (χ4v) is 1.62. The molecule has 0 saturated carbocycles. The highest BCUT2D eigenvalue weighted by atomic mass is 19.1. The van der Waals surface area contributed by atoms with E-state index in [-0.39, 0.29) is 12.1 Å². The van der Waals surface area contributed by atoms with Crippen LogP contribution < -0.4 is 11.1 Å². The number of nitrogens with two attached hydrogens (primary N) is 1. The van der Waals surface area contributed by atoms with E-state index >= 15 is 0 Å². The Morgan fingerprint density at radius 1 is 1.43 bits per heavy atom. The lowest BCUT2D eigenvalue weighted by Gasteiger charge is -2.22. The van der Waals surface area contributed by atoms with Gasteiger partial charge in [0.25, 0.3) is 0 Å².